The molecule has 0 spiro atoms. The maximum Gasteiger partial charge on any atom is 0.634 e. The van der Waals surface area contributed by atoms with Crippen LogP contribution in [-0.2, 0) is 20.9 Å². The predicted octanol–water partition coefficient (Wildman–Crippen LogP) is 10.4. The van der Waals surface area contributed by atoms with Crippen LogP contribution in [0.2, 0.25) is 0 Å². The molecule has 252 valence electrons. The van der Waals surface area contributed by atoms with Gasteiger partial charge >= 0.3 is 7.32 Å². The van der Waals surface area contributed by atoms with Crippen LogP contribution in [0.4, 0.5) is 0 Å². The Balaban J connectivity index is 0.000000901. The second-order valence-corrected chi connectivity index (χ2v) is 16.1. The standard InChI is InChI=1S/C22H39BO3.C16H36N/c1-11-12-17(26-23(24)25)15-13-14-16(20(2,3)4)19(22(8,9)10)18(15)21(5,6)7;1-5-9-13-17(14-10-6-2,15-11-7-3)16-12-8-4/h13-14,17,24-25H,11-12H2,1-10H3;5-16H2,1-4H3/q;+1. The quantitative estimate of drug-likeness (QED) is 0.137. The molecule has 4 nitrogen and oxygen atoms in total. The van der Waals surface area contributed by atoms with Gasteiger partial charge in [-0.15, -0.1) is 0 Å². The van der Waals surface area contributed by atoms with Crippen molar-refractivity contribution in [1.29, 1.82) is 0 Å². The smallest absolute Gasteiger partial charge is 0.402 e. The van der Waals surface area contributed by atoms with Crippen molar-refractivity contribution >= 4 is 7.32 Å². The van der Waals surface area contributed by atoms with Crippen LogP contribution in [0.15, 0.2) is 12.1 Å². The van der Waals surface area contributed by atoms with Gasteiger partial charge in [0, 0.05) is 0 Å². The van der Waals surface area contributed by atoms with E-state index in [2.05, 4.69) is 109 Å². The van der Waals surface area contributed by atoms with E-state index in [1.54, 1.807) is 0 Å². The molecule has 2 N–H and O–H groups in total. The van der Waals surface area contributed by atoms with Crippen LogP contribution in [-0.4, -0.2) is 48.0 Å². The number of benzene rings is 1. The molecule has 0 aliphatic rings. The number of rotatable bonds is 17. The van der Waals surface area contributed by atoms with Gasteiger partial charge in [0.05, 0.1) is 32.3 Å². The van der Waals surface area contributed by atoms with E-state index in [1.165, 1.54) is 98.7 Å². The van der Waals surface area contributed by atoms with Crippen molar-refractivity contribution < 1.29 is 19.2 Å². The van der Waals surface area contributed by atoms with Crippen LogP contribution < -0.4 is 0 Å². The summed E-state index contributed by atoms with van der Waals surface area (Å²) in [5.74, 6) is 0. The fourth-order valence-electron chi connectivity index (χ4n) is 6.45. The van der Waals surface area contributed by atoms with E-state index < -0.39 is 7.32 Å². The Morgan fingerprint density at radius 2 is 1.00 bits per heavy atom. The van der Waals surface area contributed by atoms with Gasteiger partial charge in [-0.05, 0) is 70.6 Å². The first-order valence-corrected chi connectivity index (χ1v) is 17.9. The molecule has 5 heteroatoms. The molecule has 1 atom stereocenters. The van der Waals surface area contributed by atoms with Gasteiger partial charge in [-0.2, -0.15) is 0 Å². The van der Waals surface area contributed by atoms with Crippen molar-refractivity contribution in [1.82, 2.24) is 0 Å². The van der Waals surface area contributed by atoms with E-state index in [4.69, 9.17) is 4.65 Å². The molecule has 0 radical (unpaired) electrons. The van der Waals surface area contributed by atoms with E-state index in [0.29, 0.717) is 0 Å². The van der Waals surface area contributed by atoms with Crippen LogP contribution in [0.3, 0.4) is 0 Å². The summed E-state index contributed by atoms with van der Waals surface area (Å²) >= 11 is 0. The Labute approximate surface area is 270 Å². The number of unbranched alkanes of at least 4 members (excludes halogenated alkanes) is 4. The van der Waals surface area contributed by atoms with Gasteiger partial charge in [0.15, 0.2) is 0 Å². The Hall–Kier alpha value is -0.875. The number of hydrogen-bond acceptors (Lipinski definition) is 3. The SMILES string of the molecule is CCCC(OB(O)O)c1ccc(C(C)(C)C)c(C(C)(C)C)c1C(C)(C)C.CCCC[N+](CCCC)(CCCC)CCCC. The fourth-order valence-corrected chi connectivity index (χ4v) is 6.45. The Morgan fingerprint density at radius 3 is 1.28 bits per heavy atom. The van der Waals surface area contributed by atoms with E-state index in [-0.39, 0.29) is 22.3 Å². The highest BCUT2D eigenvalue weighted by atomic mass is 16.6. The monoisotopic (exact) mass is 605 g/mol. The lowest BCUT2D eigenvalue weighted by Gasteiger charge is -2.39. The molecule has 1 rings (SSSR count). The van der Waals surface area contributed by atoms with Crippen LogP contribution in [0.5, 0.6) is 0 Å². The molecule has 0 saturated heterocycles. The normalized spacial score (nSPS) is 13.5. The zero-order chi connectivity index (χ0) is 33.5. The molecular weight excluding hydrogens is 529 g/mol. The Bertz CT molecular complexity index is 839. The maximum atomic E-state index is 9.45. The highest BCUT2D eigenvalue weighted by Crippen LogP contribution is 2.45. The summed E-state index contributed by atoms with van der Waals surface area (Å²) in [6, 6.07) is 4.35. The van der Waals surface area contributed by atoms with Crippen molar-refractivity contribution in [3.8, 4) is 0 Å². The van der Waals surface area contributed by atoms with E-state index in [1.807, 2.05) is 0 Å². The third-order valence-electron chi connectivity index (χ3n) is 8.67. The molecule has 0 amide bonds. The van der Waals surface area contributed by atoms with E-state index in [0.717, 1.165) is 18.4 Å². The van der Waals surface area contributed by atoms with Gasteiger partial charge in [0.2, 0.25) is 0 Å². The molecule has 43 heavy (non-hydrogen) atoms. The second-order valence-electron chi connectivity index (χ2n) is 16.1. The average Bonchev–Trinajstić information content (AvgIpc) is 2.90. The molecule has 0 aromatic heterocycles. The predicted molar refractivity (Wildman–Crippen MR) is 191 cm³/mol. The van der Waals surface area contributed by atoms with Crippen LogP contribution >= 0.6 is 0 Å². The average molecular weight is 605 g/mol. The third-order valence-corrected chi connectivity index (χ3v) is 8.67. The first-order valence-electron chi connectivity index (χ1n) is 17.9. The van der Waals surface area contributed by atoms with Gasteiger partial charge < -0.3 is 19.2 Å². The molecule has 0 heterocycles. The highest BCUT2D eigenvalue weighted by molar-refractivity contribution is 6.32. The first-order chi connectivity index (χ1) is 19.8. The Kier molecular flexibility index (Phi) is 19.2. The van der Waals surface area contributed by atoms with E-state index in [9.17, 15) is 10.0 Å². The molecule has 1 aromatic rings. The van der Waals surface area contributed by atoms with Gasteiger partial charge in [-0.25, -0.2) is 0 Å². The molecule has 0 aliphatic heterocycles. The van der Waals surface area contributed by atoms with Gasteiger partial charge in [0.1, 0.15) is 0 Å². The minimum atomic E-state index is -1.76. The molecule has 0 saturated carbocycles. The topological polar surface area (TPSA) is 49.7 Å². The molecule has 0 fully saturated rings. The summed E-state index contributed by atoms with van der Waals surface area (Å²) in [5, 5.41) is 18.9. The lowest BCUT2D eigenvalue weighted by Crippen LogP contribution is -2.50. The summed E-state index contributed by atoms with van der Waals surface area (Å²) in [7, 11) is -1.76. The summed E-state index contributed by atoms with van der Waals surface area (Å²) in [6.07, 6.45) is 12.4. The molecule has 0 aliphatic carbocycles. The first kappa shape index (κ1) is 42.1. The summed E-state index contributed by atoms with van der Waals surface area (Å²) in [5.41, 5.74) is 4.95. The van der Waals surface area contributed by atoms with Crippen LogP contribution in [0, 0.1) is 0 Å². The molecular formula is C38H75BNO3+. The van der Waals surface area contributed by atoms with Gasteiger partial charge in [-0.3, -0.25) is 0 Å². The minimum Gasteiger partial charge on any atom is -0.402 e. The largest absolute Gasteiger partial charge is 0.634 e. The minimum absolute atomic E-state index is 0.0265. The zero-order valence-corrected chi connectivity index (χ0v) is 31.5. The van der Waals surface area contributed by atoms with Gasteiger partial charge in [0.25, 0.3) is 0 Å². The highest BCUT2D eigenvalue weighted by Gasteiger charge is 2.35. The summed E-state index contributed by atoms with van der Waals surface area (Å²) < 4.78 is 6.94. The lowest BCUT2D eigenvalue weighted by molar-refractivity contribution is -0.929. The summed E-state index contributed by atoms with van der Waals surface area (Å²) in [4.78, 5) is 0. The molecule has 1 aromatic carbocycles. The van der Waals surface area contributed by atoms with Crippen LogP contribution in [0.1, 0.15) is 189 Å². The zero-order valence-electron chi connectivity index (χ0n) is 31.5. The van der Waals surface area contributed by atoms with Crippen molar-refractivity contribution in [2.24, 2.45) is 0 Å². The van der Waals surface area contributed by atoms with Crippen molar-refractivity contribution in [2.75, 3.05) is 26.2 Å². The van der Waals surface area contributed by atoms with E-state index >= 15 is 0 Å². The Morgan fingerprint density at radius 1 is 0.605 bits per heavy atom. The molecule has 1 unspecified atom stereocenters. The molecule has 0 bridgehead atoms. The number of quaternary nitrogens is 1. The second kappa shape index (κ2) is 19.6. The lowest BCUT2D eigenvalue weighted by atomic mass is 9.66. The van der Waals surface area contributed by atoms with Gasteiger partial charge in [-0.1, -0.05) is 141 Å². The number of nitrogens with zero attached hydrogens (tertiary/aromatic N) is 1. The van der Waals surface area contributed by atoms with Crippen molar-refractivity contribution in [3.63, 3.8) is 0 Å². The van der Waals surface area contributed by atoms with Crippen LogP contribution in [0.25, 0.3) is 0 Å². The maximum absolute atomic E-state index is 9.45. The van der Waals surface area contributed by atoms with Crippen molar-refractivity contribution in [2.45, 2.75) is 183 Å². The third kappa shape index (κ3) is 14.8. The van der Waals surface area contributed by atoms with Crippen molar-refractivity contribution in [3.05, 3.63) is 34.4 Å². The summed E-state index contributed by atoms with van der Waals surface area (Å²) in [6.45, 7) is 37.3. The fraction of sp³-hybridized carbons (Fsp3) is 0.842. The number of hydrogen-bond donors (Lipinski definition) is 2.